The molecule has 0 unspecified atom stereocenters. The summed E-state index contributed by atoms with van der Waals surface area (Å²) in [6, 6.07) is 12.3. The molecule has 0 aliphatic rings. The normalized spacial score (nSPS) is 12.0. The first-order chi connectivity index (χ1) is 14.8. The third kappa shape index (κ3) is 5.04. The lowest BCUT2D eigenvalue weighted by atomic mass is 9.96. The fraction of sp³-hybridized carbons (Fsp3) is 0.333. The first kappa shape index (κ1) is 22.3. The van der Waals surface area contributed by atoms with E-state index in [1.807, 2.05) is 29.8 Å². The van der Waals surface area contributed by atoms with Crippen molar-refractivity contribution < 1.29 is 18.9 Å². The number of furan rings is 1. The number of quaternary nitrogens is 1. The summed E-state index contributed by atoms with van der Waals surface area (Å²) in [4.78, 5) is 12.8. The van der Waals surface area contributed by atoms with Crippen LogP contribution in [0.1, 0.15) is 48.0 Å². The standard InChI is InChI=1S/C24H27FN4O2/c1-15(2)23(18-7-9-19(25)10-8-18)27-13-22(30)28-24-21(12-26)16(3)17(4)29(24)14-20-6-5-11-31-20/h5-11,15,23,27H,13-14H2,1-4H3,(H,28,30)/p+1/t23-/m0/s1. The lowest BCUT2D eigenvalue weighted by molar-refractivity contribution is -0.692. The van der Waals surface area contributed by atoms with Gasteiger partial charge in [0.2, 0.25) is 0 Å². The van der Waals surface area contributed by atoms with Crippen molar-refractivity contribution >= 4 is 11.7 Å². The zero-order valence-electron chi connectivity index (χ0n) is 18.3. The SMILES string of the molecule is Cc1c(C#N)c(NC(=O)C[NH2+][C@H](c2ccc(F)cc2)C(C)C)n(Cc2ccco2)c1C. The molecule has 1 aromatic carbocycles. The molecule has 3 rings (SSSR count). The number of carbonyl (C=O) groups is 1. The molecule has 3 aromatic rings. The maximum atomic E-state index is 13.3. The highest BCUT2D eigenvalue weighted by Crippen LogP contribution is 2.27. The van der Waals surface area contributed by atoms with Gasteiger partial charge in [-0.15, -0.1) is 0 Å². The Morgan fingerprint density at radius 1 is 1.26 bits per heavy atom. The number of anilines is 1. The van der Waals surface area contributed by atoms with Crippen molar-refractivity contribution in [3.8, 4) is 6.07 Å². The smallest absolute Gasteiger partial charge is 0.280 e. The second kappa shape index (κ2) is 9.63. The highest BCUT2D eigenvalue weighted by molar-refractivity contribution is 5.92. The van der Waals surface area contributed by atoms with Gasteiger partial charge in [-0.25, -0.2) is 4.39 Å². The minimum absolute atomic E-state index is 0.0140. The predicted molar refractivity (Wildman–Crippen MR) is 116 cm³/mol. The quantitative estimate of drug-likeness (QED) is 0.580. The number of nitrogens with one attached hydrogen (secondary N) is 1. The summed E-state index contributed by atoms with van der Waals surface area (Å²) in [6.45, 7) is 8.52. The van der Waals surface area contributed by atoms with E-state index in [9.17, 15) is 14.4 Å². The summed E-state index contributed by atoms with van der Waals surface area (Å²) >= 11 is 0. The maximum Gasteiger partial charge on any atom is 0.280 e. The van der Waals surface area contributed by atoms with Gasteiger partial charge >= 0.3 is 0 Å². The molecule has 0 saturated carbocycles. The van der Waals surface area contributed by atoms with Crippen molar-refractivity contribution in [1.29, 1.82) is 5.26 Å². The van der Waals surface area contributed by atoms with Crippen LogP contribution in [0.3, 0.4) is 0 Å². The number of aromatic nitrogens is 1. The molecule has 2 aromatic heterocycles. The van der Waals surface area contributed by atoms with E-state index in [0.29, 0.717) is 17.9 Å². The van der Waals surface area contributed by atoms with E-state index in [4.69, 9.17) is 4.42 Å². The molecule has 2 heterocycles. The largest absolute Gasteiger partial charge is 0.467 e. The van der Waals surface area contributed by atoms with Crippen LogP contribution in [0, 0.1) is 36.9 Å². The van der Waals surface area contributed by atoms with Crippen molar-refractivity contribution in [2.75, 3.05) is 11.9 Å². The van der Waals surface area contributed by atoms with Crippen LogP contribution in [0.15, 0.2) is 47.1 Å². The Kier molecular flexibility index (Phi) is 6.93. The van der Waals surface area contributed by atoms with Crippen LogP contribution >= 0.6 is 0 Å². The summed E-state index contributed by atoms with van der Waals surface area (Å²) in [5.41, 5.74) is 3.16. The van der Waals surface area contributed by atoms with Crippen molar-refractivity contribution in [3.63, 3.8) is 0 Å². The molecule has 1 atom stereocenters. The van der Waals surface area contributed by atoms with Crippen molar-refractivity contribution in [3.05, 3.63) is 76.6 Å². The number of benzene rings is 1. The second-order valence-corrected chi connectivity index (χ2v) is 8.02. The number of nitrogens with two attached hydrogens (primary N) is 1. The number of nitriles is 1. The van der Waals surface area contributed by atoms with Crippen LogP contribution in [0.25, 0.3) is 0 Å². The van der Waals surface area contributed by atoms with E-state index in [-0.39, 0.29) is 30.2 Å². The average molecular weight is 424 g/mol. The van der Waals surface area contributed by atoms with Crippen LogP contribution in [0.2, 0.25) is 0 Å². The lowest BCUT2D eigenvalue weighted by Gasteiger charge is -2.19. The van der Waals surface area contributed by atoms with E-state index in [2.05, 4.69) is 25.2 Å². The molecule has 0 aliphatic heterocycles. The topological polar surface area (TPSA) is 87.6 Å². The molecular formula is C24H28FN4O2+. The highest BCUT2D eigenvalue weighted by Gasteiger charge is 2.23. The zero-order chi connectivity index (χ0) is 22.5. The summed E-state index contributed by atoms with van der Waals surface area (Å²) in [6.07, 6.45) is 1.60. The summed E-state index contributed by atoms with van der Waals surface area (Å²) in [5.74, 6) is 0.981. The predicted octanol–water partition coefficient (Wildman–Crippen LogP) is 3.66. The van der Waals surface area contributed by atoms with E-state index >= 15 is 0 Å². The van der Waals surface area contributed by atoms with Gasteiger partial charge in [-0.2, -0.15) is 5.26 Å². The van der Waals surface area contributed by atoms with E-state index in [0.717, 1.165) is 22.6 Å². The molecule has 162 valence electrons. The third-order valence-corrected chi connectivity index (χ3v) is 5.62. The average Bonchev–Trinajstić information content (AvgIpc) is 3.32. The third-order valence-electron chi connectivity index (χ3n) is 5.62. The number of hydrogen-bond donors (Lipinski definition) is 2. The Balaban J connectivity index is 1.77. The molecule has 0 fully saturated rings. The van der Waals surface area contributed by atoms with Gasteiger partial charge in [0, 0.05) is 17.2 Å². The molecule has 0 radical (unpaired) electrons. The first-order valence-electron chi connectivity index (χ1n) is 10.3. The number of rotatable bonds is 8. The first-order valence-corrected chi connectivity index (χ1v) is 10.3. The van der Waals surface area contributed by atoms with Crippen LogP contribution in [-0.4, -0.2) is 17.0 Å². The summed E-state index contributed by atoms with van der Waals surface area (Å²) in [7, 11) is 0. The molecule has 7 heteroatoms. The molecule has 31 heavy (non-hydrogen) atoms. The van der Waals surface area contributed by atoms with Gasteiger partial charge < -0.3 is 19.6 Å². The molecule has 3 N–H and O–H groups in total. The van der Waals surface area contributed by atoms with E-state index in [1.165, 1.54) is 12.1 Å². The summed E-state index contributed by atoms with van der Waals surface area (Å²) < 4.78 is 20.6. The van der Waals surface area contributed by atoms with Crippen molar-refractivity contribution in [2.45, 2.75) is 40.3 Å². The lowest BCUT2D eigenvalue weighted by Crippen LogP contribution is -2.88. The van der Waals surface area contributed by atoms with Gasteiger partial charge in [0.05, 0.1) is 18.4 Å². The monoisotopic (exact) mass is 423 g/mol. The Labute approximate surface area is 181 Å². The maximum absolute atomic E-state index is 13.3. The summed E-state index contributed by atoms with van der Waals surface area (Å²) in [5, 5.41) is 14.5. The minimum Gasteiger partial charge on any atom is -0.467 e. The number of amides is 1. The highest BCUT2D eigenvalue weighted by atomic mass is 19.1. The molecule has 0 bridgehead atoms. The van der Waals surface area contributed by atoms with Gasteiger partial charge in [-0.05, 0) is 43.7 Å². The molecule has 6 nitrogen and oxygen atoms in total. The number of hydrogen-bond acceptors (Lipinski definition) is 3. The van der Waals surface area contributed by atoms with E-state index < -0.39 is 0 Å². The van der Waals surface area contributed by atoms with Crippen molar-refractivity contribution in [1.82, 2.24) is 4.57 Å². The van der Waals surface area contributed by atoms with Crippen LogP contribution in [0.4, 0.5) is 10.2 Å². The van der Waals surface area contributed by atoms with Gasteiger partial charge in [0.1, 0.15) is 29.5 Å². The Hall–Kier alpha value is -3.37. The fourth-order valence-corrected chi connectivity index (χ4v) is 3.78. The second-order valence-electron chi connectivity index (χ2n) is 8.02. The molecule has 0 aliphatic carbocycles. The Morgan fingerprint density at radius 3 is 2.55 bits per heavy atom. The molecule has 0 saturated heterocycles. The van der Waals surface area contributed by atoms with Gasteiger partial charge in [-0.1, -0.05) is 26.0 Å². The Bertz CT molecular complexity index is 1080. The number of nitrogens with zero attached hydrogens (tertiary/aromatic N) is 2. The van der Waals surface area contributed by atoms with E-state index in [1.54, 1.807) is 24.5 Å². The van der Waals surface area contributed by atoms with Gasteiger partial charge in [0.25, 0.3) is 5.91 Å². The minimum atomic E-state index is -0.281. The fourth-order valence-electron chi connectivity index (χ4n) is 3.78. The van der Waals surface area contributed by atoms with Crippen LogP contribution < -0.4 is 10.6 Å². The number of halogens is 1. The Morgan fingerprint density at radius 2 is 1.97 bits per heavy atom. The van der Waals surface area contributed by atoms with Gasteiger partial charge in [0.15, 0.2) is 6.54 Å². The van der Waals surface area contributed by atoms with Gasteiger partial charge in [-0.3, -0.25) is 4.79 Å². The van der Waals surface area contributed by atoms with Crippen LogP contribution in [-0.2, 0) is 11.3 Å². The molecular weight excluding hydrogens is 395 g/mol. The van der Waals surface area contributed by atoms with Crippen LogP contribution in [0.5, 0.6) is 0 Å². The molecule has 1 amide bonds. The number of carbonyl (C=O) groups excluding carboxylic acids is 1. The zero-order valence-corrected chi connectivity index (χ0v) is 18.3. The molecule has 0 spiro atoms. The van der Waals surface area contributed by atoms with Crippen molar-refractivity contribution in [2.24, 2.45) is 5.92 Å².